The first-order valence-corrected chi connectivity index (χ1v) is 10.9. The van der Waals surface area contributed by atoms with Crippen molar-refractivity contribution in [1.29, 1.82) is 0 Å². The van der Waals surface area contributed by atoms with Gasteiger partial charge in [-0.3, -0.25) is 4.79 Å². The zero-order chi connectivity index (χ0) is 20.9. The molecule has 1 aliphatic heterocycles. The summed E-state index contributed by atoms with van der Waals surface area (Å²) in [6.07, 6.45) is 3.75. The second kappa shape index (κ2) is 8.36. The highest BCUT2D eigenvalue weighted by atomic mass is 35.5. The number of carbonyl (C=O) groups excluding carboxylic acids is 1. The lowest BCUT2D eigenvalue weighted by molar-refractivity contribution is -0.127. The quantitative estimate of drug-likeness (QED) is 0.764. The smallest absolute Gasteiger partial charge is 0.164 e. The van der Waals surface area contributed by atoms with E-state index in [1.807, 2.05) is 36.4 Å². The molecule has 0 unspecified atom stereocenters. The van der Waals surface area contributed by atoms with E-state index in [1.165, 1.54) is 0 Å². The van der Waals surface area contributed by atoms with Crippen LogP contribution in [-0.4, -0.2) is 42.5 Å². The van der Waals surface area contributed by atoms with Crippen molar-refractivity contribution in [3.8, 4) is 17.2 Å². The number of ether oxygens (including phenoxy) is 2. The van der Waals surface area contributed by atoms with E-state index in [-0.39, 0.29) is 23.6 Å². The summed E-state index contributed by atoms with van der Waals surface area (Å²) >= 11 is 0. The Labute approximate surface area is 189 Å². The number of hydrogen-bond donors (Lipinski definition) is 1. The molecule has 0 amide bonds. The Hall–Kier alpha value is -2.24. The lowest BCUT2D eigenvalue weighted by Gasteiger charge is -2.58. The summed E-state index contributed by atoms with van der Waals surface area (Å²) in [7, 11) is 3.76. The van der Waals surface area contributed by atoms with Crippen molar-refractivity contribution in [2.45, 2.75) is 50.2 Å². The lowest BCUT2D eigenvalue weighted by atomic mass is 9.52. The Morgan fingerprint density at radius 2 is 2.00 bits per heavy atom. The zero-order valence-electron chi connectivity index (χ0n) is 18.1. The Morgan fingerprint density at radius 1 is 1.23 bits per heavy atom. The van der Waals surface area contributed by atoms with Crippen LogP contribution in [0.25, 0.3) is 0 Å². The zero-order valence-corrected chi connectivity index (χ0v) is 18.9. The number of likely N-dealkylation sites (N-methyl/N-ethyl adjacent to an activating group) is 1. The Kier molecular flexibility index (Phi) is 5.93. The van der Waals surface area contributed by atoms with Gasteiger partial charge in [0.15, 0.2) is 11.5 Å². The molecule has 166 valence electrons. The number of aromatic hydroxyl groups is 1. The van der Waals surface area contributed by atoms with E-state index in [9.17, 15) is 9.90 Å². The van der Waals surface area contributed by atoms with Crippen molar-refractivity contribution >= 4 is 18.2 Å². The minimum absolute atomic E-state index is 0. The number of piperidine rings is 1. The number of phenols is 1. The third kappa shape index (κ3) is 3.48. The predicted octanol–water partition coefficient (Wildman–Crippen LogP) is 4.27. The predicted molar refractivity (Wildman–Crippen MR) is 121 cm³/mol. The van der Waals surface area contributed by atoms with Crippen molar-refractivity contribution in [3.63, 3.8) is 0 Å². The Morgan fingerprint density at radius 3 is 2.74 bits per heavy atom. The van der Waals surface area contributed by atoms with E-state index < -0.39 is 0 Å². The maximum atomic E-state index is 12.6. The molecule has 2 aliphatic carbocycles. The van der Waals surface area contributed by atoms with Gasteiger partial charge in [-0.2, -0.15) is 0 Å². The van der Waals surface area contributed by atoms with Crippen LogP contribution in [0, 0.1) is 5.92 Å². The summed E-state index contributed by atoms with van der Waals surface area (Å²) in [5, 5.41) is 11.2. The maximum Gasteiger partial charge on any atom is 0.164 e. The van der Waals surface area contributed by atoms with Crippen LogP contribution in [0.5, 0.6) is 17.2 Å². The lowest BCUT2D eigenvalue weighted by Crippen LogP contribution is -2.61. The third-order valence-corrected chi connectivity index (χ3v) is 7.60. The van der Waals surface area contributed by atoms with Gasteiger partial charge < -0.3 is 19.5 Å². The first-order chi connectivity index (χ1) is 14.5. The van der Waals surface area contributed by atoms with E-state index in [0.717, 1.165) is 48.2 Å². The first-order valence-electron chi connectivity index (χ1n) is 10.9. The number of nitrogens with zero attached hydrogens (tertiary/aromatic N) is 1. The van der Waals surface area contributed by atoms with Crippen molar-refractivity contribution in [2.24, 2.45) is 5.92 Å². The molecule has 3 atom stereocenters. The molecule has 6 heteroatoms. The molecule has 0 radical (unpaired) electrons. The summed E-state index contributed by atoms with van der Waals surface area (Å²) in [5.41, 5.74) is 2.73. The number of likely N-dealkylation sites (tertiary alicyclic amines) is 1. The number of methoxy groups -OCH3 is 1. The van der Waals surface area contributed by atoms with Crippen molar-refractivity contribution < 1.29 is 19.4 Å². The molecule has 3 aliphatic rings. The SMILES string of the molecule is COc1cc(OCc2ccccc2)c2c(c1O)[C@]13CCN(C)[C@H](C2)[C@@H]1CCC(=O)C3.Cl. The topological polar surface area (TPSA) is 59.0 Å². The number of ketones is 1. The van der Waals surface area contributed by atoms with E-state index in [0.29, 0.717) is 42.9 Å². The number of hydrogen-bond acceptors (Lipinski definition) is 5. The van der Waals surface area contributed by atoms with Crippen molar-refractivity contribution in [3.05, 3.63) is 53.1 Å². The van der Waals surface area contributed by atoms with Gasteiger partial charge in [-0.05, 0) is 44.3 Å². The molecular weight excluding hydrogens is 414 g/mol. The fourth-order valence-electron chi connectivity index (χ4n) is 6.18. The van der Waals surface area contributed by atoms with Gasteiger partial charge >= 0.3 is 0 Å². The largest absolute Gasteiger partial charge is 0.504 e. The second-order valence-electron chi connectivity index (χ2n) is 9.07. The fourth-order valence-corrected chi connectivity index (χ4v) is 6.18. The minimum atomic E-state index is -0.316. The molecular formula is C25H30ClNO4. The highest BCUT2D eigenvalue weighted by Crippen LogP contribution is 2.60. The Bertz CT molecular complexity index is 979. The summed E-state index contributed by atoms with van der Waals surface area (Å²) in [5.74, 6) is 2.07. The monoisotopic (exact) mass is 443 g/mol. The molecule has 0 spiro atoms. The molecule has 31 heavy (non-hydrogen) atoms. The molecule has 1 saturated carbocycles. The van der Waals surface area contributed by atoms with E-state index in [2.05, 4.69) is 11.9 Å². The average Bonchev–Trinajstić information content (AvgIpc) is 2.76. The van der Waals surface area contributed by atoms with Crippen LogP contribution in [-0.2, 0) is 23.2 Å². The summed E-state index contributed by atoms with van der Waals surface area (Å²) in [6.45, 7) is 1.39. The number of halogens is 1. The Balaban J connectivity index is 0.00000231. The molecule has 1 saturated heterocycles. The van der Waals surface area contributed by atoms with Gasteiger partial charge in [-0.15, -0.1) is 12.4 Å². The second-order valence-corrected chi connectivity index (χ2v) is 9.07. The molecule has 2 fully saturated rings. The summed E-state index contributed by atoms with van der Waals surface area (Å²) in [4.78, 5) is 15.0. The minimum Gasteiger partial charge on any atom is -0.504 e. The molecule has 2 aromatic carbocycles. The maximum absolute atomic E-state index is 12.6. The molecule has 1 N–H and O–H groups in total. The highest BCUT2D eigenvalue weighted by Gasteiger charge is 2.57. The number of carbonyl (C=O) groups is 1. The van der Waals surface area contributed by atoms with E-state index in [1.54, 1.807) is 7.11 Å². The number of fused-ring (bicyclic) bond motifs is 1. The van der Waals surface area contributed by atoms with E-state index >= 15 is 0 Å². The highest BCUT2D eigenvalue weighted by molar-refractivity contribution is 5.85. The number of benzene rings is 2. The van der Waals surface area contributed by atoms with Crippen molar-refractivity contribution in [1.82, 2.24) is 4.90 Å². The van der Waals surface area contributed by atoms with Gasteiger partial charge in [0, 0.05) is 41.5 Å². The van der Waals surface area contributed by atoms with Crippen LogP contribution < -0.4 is 9.47 Å². The normalized spacial score (nSPS) is 27.0. The van der Waals surface area contributed by atoms with Crippen LogP contribution in [0.2, 0.25) is 0 Å². The molecule has 5 rings (SSSR count). The molecule has 2 bridgehead atoms. The van der Waals surface area contributed by atoms with Crippen molar-refractivity contribution in [2.75, 3.05) is 20.7 Å². The van der Waals surface area contributed by atoms with Gasteiger partial charge in [0.2, 0.25) is 0 Å². The molecule has 1 heterocycles. The molecule has 2 aromatic rings. The fraction of sp³-hybridized carbons (Fsp3) is 0.480. The van der Waals surface area contributed by atoms with Crippen LogP contribution in [0.15, 0.2) is 36.4 Å². The van der Waals surface area contributed by atoms with E-state index in [4.69, 9.17) is 9.47 Å². The van der Waals surface area contributed by atoms with Gasteiger partial charge in [-0.25, -0.2) is 0 Å². The number of Topliss-reactive ketones (excluding diaryl/α,β-unsaturated/α-hetero) is 1. The van der Waals surface area contributed by atoms with Crippen LogP contribution >= 0.6 is 12.4 Å². The van der Waals surface area contributed by atoms with Crippen LogP contribution in [0.3, 0.4) is 0 Å². The molecule has 0 aromatic heterocycles. The van der Waals surface area contributed by atoms with Gasteiger partial charge in [0.05, 0.1) is 7.11 Å². The van der Waals surface area contributed by atoms with Gasteiger partial charge in [-0.1, -0.05) is 30.3 Å². The van der Waals surface area contributed by atoms with Crippen LogP contribution in [0.4, 0.5) is 0 Å². The number of phenolic OH excluding ortho intramolecular Hbond substituents is 1. The molecule has 5 nitrogen and oxygen atoms in total. The van der Waals surface area contributed by atoms with Crippen LogP contribution in [0.1, 0.15) is 42.4 Å². The number of rotatable bonds is 4. The van der Waals surface area contributed by atoms with Gasteiger partial charge in [0.25, 0.3) is 0 Å². The standard InChI is InChI=1S/C25H29NO4.ClH/c1-26-11-10-25-14-17(27)8-9-19(25)20(26)12-18-21(13-22(29-2)24(28)23(18)25)30-15-16-6-4-3-5-7-16;/h3-7,13,19-20,28H,8-12,14-15H2,1-2H3;1H/t19-,20+,25-;/m0./s1. The summed E-state index contributed by atoms with van der Waals surface area (Å²) in [6, 6.07) is 12.3. The first kappa shape index (κ1) is 22.0. The third-order valence-electron chi connectivity index (χ3n) is 7.60. The summed E-state index contributed by atoms with van der Waals surface area (Å²) < 4.78 is 11.8. The van der Waals surface area contributed by atoms with Gasteiger partial charge in [0.1, 0.15) is 18.1 Å². The average molecular weight is 444 g/mol.